The summed E-state index contributed by atoms with van der Waals surface area (Å²) in [6, 6.07) is 0. The van der Waals surface area contributed by atoms with Gasteiger partial charge in [0.2, 0.25) is 0 Å². The minimum absolute atomic E-state index is 0.297. The molecule has 0 unspecified atom stereocenters. The second-order valence-corrected chi connectivity index (χ2v) is 5.81. The van der Waals surface area contributed by atoms with Crippen LogP contribution in [0.2, 0.25) is 0 Å². The number of hydrogen-bond donors (Lipinski definition) is 0. The van der Waals surface area contributed by atoms with Crippen LogP contribution in [0.1, 0.15) is 40.5 Å². The molecule has 1 fully saturated rings. The molecule has 1 rings (SSSR count). The van der Waals surface area contributed by atoms with Gasteiger partial charge in [0, 0.05) is 38.1 Å². The van der Waals surface area contributed by atoms with Crippen molar-refractivity contribution in [2.75, 3.05) is 32.7 Å². The number of Topliss-reactive ketones (excluding diaryl/α,β-unsaturated/α-hetero) is 1. The lowest BCUT2D eigenvalue weighted by molar-refractivity contribution is -0.117. The maximum absolute atomic E-state index is 10.8. The third kappa shape index (κ3) is 4.62. The average Bonchev–Trinajstić information content (AvgIpc) is 2.16. The molecule has 94 valence electrons. The first-order valence-corrected chi connectivity index (χ1v) is 6.36. The SMILES string of the molecule is CC(=O)CCCN1CCN(C(C)(C)C)CC1. The van der Waals surface area contributed by atoms with Crippen molar-refractivity contribution >= 4 is 5.78 Å². The maximum Gasteiger partial charge on any atom is 0.129 e. The van der Waals surface area contributed by atoms with Crippen LogP contribution in [0.3, 0.4) is 0 Å². The van der Waals surface area contributed by atoms with Crippen molar-refractivity contribution in [1.82, 2.24) is 9.80 Å². The largest absolute Gasteiger partial charge is 0.301 e. The Hall–Kier alpha value is -0.410. The molecule has 3 heteroatoms. The zero-order chi connectivity index (χ0) is 12.2. The van der Waals surface area contributed by atoms with E-state index in [1.54, 1.807) is 6.92 Å². The molecule has 0 N–H and O–H groups in total. The Bertz CT molecular complexity index is 225. The quantitative estimate of drug-likeness (QED) is 0.730. The third-order valence-corrected chi connectivity index (χ3v) is 3.32. The Morgan fingerprint density at radius 3 is 2.12 bits per heavy atom. The molecule has 0 aliphatic carbocycles. The van der Waals surface area contributed by atoms with Crippen LogP contribution in [-0.2, 0) is 4.79 Å². The molecule has 1 heterocycles. The fourth-order valence-electron chi connectivity index (χ4n) is 2.19. The standard InChI is InChI=1S/C13H26N2O/c1-12(16)6-5-7-14-8-10-15(11-9-14)13(2,3)4/h5-11H2,1-4H3. The summed E-state index contributed by atoms with van der Waals surface area (Å²) in [4.78, 5) is 15.9. The van der Waals surface area contributed by atoms with Crippen LogP contribution >= 0.6 is 0 Å². The Kier molecular flexibility index (Phi) is 4.93. The number of hydrogen-bond acceptors (Lipinski definition) is 3. The molecule has 0 amide bonds. The van der Waals surface area contributed by atoms with Gasteiger partial charge in [-0.2, -0.15) is 0 Å². The summed E-state index contributed by atoms with van der Waals surface area (Å²) in [5.74, 6) is 0.313. The highest BCUT2D eigenvalue weighted by molar-refractivity contribution is 5.75. The van der Waals surface area contributed by atoms with Crippen LogP contribution in [0.15, 0.2) is 0 Å². The van der Waals surface area contributed by atoms with E-state index in [4.69, 9.17) is 0 Å². The van der Waals surface area contributed by atoms with E-state index in [-0.39, 0.29) is 0 Å². The molecule has 0 saturated carbocycles. The summed E-state index contributed by atoms with van der Waals surface area (Å²) in [6.07, 6.45) is 1.75. The molecule has 0 spiro atoms. The zero-order valence-corrected chi connectivity index (χ0v) is 11.3. The number of piperazine rings is 1. The number of ketones is 1. The van der Waals surface area contributed by atoms with Gasteiger partial charge in [-0.15, -0.1) is 0 Å². The van der Waals surface area contributed by atoms with Crippen LogP contribution in [0.4, 0.5) is 0 Å². The molecule has 0 aromatic heterocycles. The molecule has 1 aliphatic heterocycles. The fourth-order valence-corrected chi connectivity index (χ4v) is 2.19. The summed E-state index contributed by atoms with van der Waals surface area (Å²) in [5, 5.41) is 0. The van der Waals surface area contributed by atoms with E-state index < -0.39 is 0 Å². The van der Waals surface area contributed by atoms with Crippen LogP contribution in [0, 0.1) is 0 Å². The van der Waals surface area contributed by atoms with Gasteiger partial charge in [-0.1, -0.05) is 0 Å². The highest BCUT2D eigenvalue weighted by Gasteiger charge is 2.25. The van der Waals surface area contributed by atoms with Crippen LogP contribution in [0.5, 0.6) is 0 Å². The average molecular weight is 226 g/mol. The highest BCUT2D eigenvalue weighted by Crippen LogP contribution is 2.15. The Morgan fingerprint density at radius 1 is 1.12 bits per heavy atom. The minimum atomic E-state index is 0.297. The van der Waals surface area contributed by atoms with Gasteiger partial charge in [0.05, 0.1) is 0 Å². The number of carbonyl (C=O) groups is 1. The molecule has 3 nitrogen and oxygen atoms in total. The zero-order valence-electron chi connectivity index (χ0n) is 11.3. The lowest BCUT2D eigenvalue weighted by Crippen LogP contribution is -2.53. The van der Waals surface area contributed by atoms with E-state index >= 15 is 0 Å². The Labute approximate surface area is 99.8 Å². The van der Waals surface area contributed by atoms with Gasteiger partial charge >= 0.3 is 0 Å². The molecular weight excluding hydrogens is 200 g/mol. The molecule has 0 radical (unpaired) electrons. The van der Waals surface area contributed by atoms with Gasteiger partial charge in [0.15, 0.2) is 0 Å². The summed E-state index contributed by atoms with van der Waals surface area (Å²) in [5.41, 5.74) is 0.297. The molecule has 0 aromatic rings. The number of carbonyl (C=O) groups excluding carboxylic acids is 1. The molecule has 0 aromatic carbocycles. The predicted octanol–water partition coefficient (Wildman–Crippen LogP) is 1.77. The van der Waals surface area contributed by atoms with Gasteiger partial charge in [-0.25, -0.2) is 0 Å². The summed E-state index contributed by atoms with van der Waals surface area (Å²) >= 11 is 0. The minimum Gasteiger partial charge on any atom is -0.301 e. The van der Waals surface area contributed by atoms with Crippen LogP contribution in [0.25, 0.3) is 0 Å². The van der Waals surface area contributed by atoms with Crippen molar-refractivity contribution in [2.24, 2.45) is 0 Å². The first kappa shape index (κ1) is 13.7. The van der Waals surface area contributed by atoms with E-state index in [9.17, 15) is 4.79 Å². The molecule has 16 heavy (non-hydrogen) atoms. The number of nitrogens with zero attached hydrogens (tertiary/aromatic N) is 2. The lowest BCUT2D eigenvalue weighted by Gasteiger charge is -2.42. The Morgan fingerprint density at radius 2 is 1.69 bits per heavy atom. The first-order valence-electron chi connectivity index (χ1n) is 6.36. The van der Waals surface area contributed by atoms with E-state index in [2.05, 4.69) is 30.6 Å². The van der Waals surface area contributed by atoms with E-state index in [1.165, 1.54) is 0 Å². The maximum atomic E-state index is 10.8. The molecule has 1 aliphatic rings. The van der Waals surface area contributed by atoms with E-state index in [0.717, 1.165) is 45.6 Å². The molecule has 0 bridgehead atoms. The van der Waals surface area contributed by atoms with Crippen LogP contribution in [-0.4, -0.2) is 53.8 Å². The predicted molar refractivity (Wildman–Crippen MR) is 67.7 cm³/mol. The number of rotatable bonds is 4. The summed E-state index contributed by atoms with van der Waals surface area (Å²) in [6.45, 7) is 14.2. The van der Waals surface area contributed by atoms with Crippen molar-refractivity contribution in [3.8, 4) is 0 Å². The van der Waals surface area contributed by atoms with Gasteiger partial charge in [-0.05, 0) is 40.7 Å². The second kappa shape index (κ2) is 5.78. The van der Waals surface area contributed by atoms with E-state index in [1.807, 2.05) is 0 Å². The monoisotopic (exact) mass is 226 g/mol. The van der Waals surface area contributed by atoms with Gasteiger partial charge in [0.25, 0.3) is 0 Å². The van der Waals surface area contributed by atoms with Crippen molar-refractivity contribution in [3.63, 3.8) is 0 Å². The summed E-state index contributed by atoms with van der Waals surface area (Å²) < 4.78 is 0. The van der Waals surface area contributed by atoms with Crippen molar-refractivity contribution in [1.29, 1.82) is 0 Å². The smallest absolute Gasteiger partial charge is 0.129 e. The van der Waals surface area contributed by atoms with Gasteiger partial charge in [0.1, 0.15) is 5.78 Å². The fraction of sp³-hybridized carbons (Fsp3) is 0.923. The van der Waals surface area contributed by atoms with E-state index in [0.29, 0.717) is 11.3 Å². The Balaban J connectivity index is 2.19. The molecule has 1 saturated heterocycles. The van der Waals surface area contributed by atoms with Crippen molar-refractivity contribution in [3.05, 3.63) is 0 Å². The second-order valence-electron chi connectivity index (χ2n) is 5.81. The van der Waals surface area contributed by atoms with Gasteiger partial charge < -0.3 is 9.69 Å². The third-order valence-electron chi connectivity index (χ3n) is 3.32. The molecular formula is C13H26N2O. The topological polar surface area (TPSA) is 23.6 Å². The highest BCUT2D eigenvalue weighted by atomic mass is 16.1. The molecule has 0 atom stereocenters. The normalized spacial score (nSPS) is 20.0. The summed E-state index contributed by atoms with van der Waals surface area (Å²) in [7, 11) is 0. The van der Waals surface area contributed by atoms with Crippen LogP contribution < -0.4 is 0 Å². The van der Waals surface area contributed by atoms with Gasteiger partial charge in [-0.3, -0.25) is 4.90 Å². The lowest BCUT2D eigenvalue weighted by atomic mass is 10.0. The van der Waals surface area contributed by atoms with Crippen molar-refractivity contribution in [2.45, 2.75) is 46.1 Å². The first-order chi connectivity index (χ1) is 7.39. The van der Waals surface area contributed by atoms with Crippen molar-refractivity contribution < 1.29 is 4.79 Å².